The van der Waals surface area contributed by atoms with E-state index in [0.29, 0.717) is 16.6 Å². The van der Waals surface area contributed by atoms with Gasteiger partial charge in [0, 0.05) is 0 Å². The Balaban J connectivity index is 2.58. The van der Waals surface area contributed by atoms with Gasteiger partial charge in [0.2, 0.25) is 0 Å². The van der Waals surface area contributed by atoms with Crippen molar-refractivity contribution in [3.63, 3.8) is 0 Å². The van der Waals surface area contributed by atoms with Crippen LogP contribution in [0, 0.1) is 0 Å². The van der Waals surface area contributed by atoms with Crippen LogP contribution in [0.15, 0.2) is 41.3 Å². The van der Waals surface area contributed by atoms with Gasteiger partial charge in [-0.1, -0.05) is 86.6 Å². The van der Waals surface area contributed by atoms with Crippen molar-refractivity contribution < 1.29 is 12.6 Å². The Morgan fingerprint density at radius 1 is 0.759 bits per heavy atom. The highest BCUT2D eigenvalue weighted by Crippen LogP contribution is 2.36. The van der Waals surface area contributed by atoms with E-state index in [1.54, 1.807) is 12.1 Å². The zero-order valence-electron chi connectivity index (χ0n) is 19.3. The largest absolute Gasteiger partial charge is 0.379 e. The molecule has 2 rings (SSSR count). The van der Waals surface area contributed by atoms with Crippen LogP contribution in [0.3, 0.4) is 0 Å². The topological polar surface area (TPSA) is 43.4 Å². The zero-order valence-corrected chi connectivity index (χ0v) is 20.1. The van der Waals surface area contributed by atoms with Crippen LogP contribution in [0.2, 0.25) is 0 Å². The van der Waals surface area contributed by atoms with Crippen molar-refractivity contribution in [2.45, 2.75) is 90.4 Å². The van der Waals surface area contributed by atoms with Gasteiger partial charge in [0.25, 0.3) is 0 Å². The lowest BCUT2D eigenvalue weighted by Gasteiger charge is -2.23. The van der Waals surface area contributed by atoms with Crippen LogP contribution in [0.5, 0.6) is 5.75 Å². The highest BCUT2D eigenvalue weighted by molar-refractivity contribution is 7.87. The summed E-state index contributed by atoms with van der Waals surface area (Å²) in [4.78, 5) is 0.326. The van der Waals surface area contributed by atoms with Crippen LogP contribution in [0.1, 0.15) is 102 Å². The lowest BCUT2D eigenvalue weighted by molar-refractivity contribution is 0.481. The van der Waals surface area contributed by atoms with Gasteiger partial charge in [-0.05, 0) is 57.6 Å². The molecule has 0 radical (unpaired) electrons. The summed E-state index contributed by atoms with van der Waals surface area (Å²) in [6, 6.07) is 11.4. The normalized spacial score (nSPS) is 12.8. The highest BCUT2D eigenvalue weighted by atomic mass is 32.2. The summed E-state index contributed by atoms with van der Waals surface area (Å²) >= 11 is 0. The van der Waals surface area contributed by atoms with Crippen molar-refractivity contribution in [2.24, 2.45) is 0 Å². The van der Waals surface area contributed by atoms with Crippen molar-refractivity contribution in [3.8, 4) is 5.75 Å². The predicted octanol–water partition coefficient (Wildman–Crippen LogP) is 7.12. The quantitative estimate of drug-likeness (QED) is 0.471. The summed E-state index contributed by atoms with van der Waals surface area (Å²) in [5.74, 6) is 0.814. The molecule has 0 aliphatic heterocycles. The molecule has 29 heavy (non-hydrogen) atoms. The Bertz CT molecular complexity index is 916. The maximum absolute atomic E-state index is 13.4. The monoisotopic (exact) mass is 416 g/mol. The summed E-state index contributed by atoms with van der Waals surface area (Å²) < 4.78 is 32.4. The molecule has 0 aliphatic carbocycles. The van der Waals surface area contributed by atoms with E-state index in [9.17, 15) is 8.42 Å². The molecule has 0 unspecified atom stereocenters. The molecule has 0 N–H and O–H groups in total. The van der Waals surface area contributed by atoms with E-state index >= 15 is 0 Å². The van der Waals surface area contributed by atoms with Crippen molar-refractivity contribution in [1.29, 1.82) is 0 Å². The first-order chi connectivity index (χ1) is 13.2. The van der Waals surface area contributed by atoms with Gasteiger partial charge < -0.3 is 4.18 Å². The lowest BCUT2D eigenvalue weighted by atomic mass is 9.87. The molecule has 0 aromatic heterocycles. The maximum Gasteiger partial charge on any atom is 0.339 e. The van der Waals surface area contributed by atoms with Crippen molar-refractivity contribution in [2.75, 3.05) is 0 Å². The fourth-order valence-electron chi connectivity index (χ4n) is 3.36. The fraction of sp³-hybridized carbons (Fsp3) is 0.520. The smallest absolute Gasteiger partial charge is 0.339 e. The van der Waals surface area contributed by atoms with Crippen LogP contribution >= 0.6 is 0 Å². The molecule has 0 bridgehead atoms. The molecular weight excluding hydrogens is 380 g/mol. The molecule has 160 valence electrons. The first kappa shape index (κ1) is 23.5. The molecular formula is C25H36O3S. The Hall–Kier alpha value is -1.81. The number of benzene rings is 2. The Morgan fingerprint density at radius 2 is 1.21 bits per heavy atom. The molecule has 0 spiro atoms. The minimum absolute atomic E-state index is 0.000291. The van der Waals surface area contributed by atoms with Gasteiger partial charge in [-0.2, -0.15) is 8.42 Å². The van der Waals surface area contributed by atoms with Gasteiger partial charge in [0.05, 0.1) is 0 Å². The molecule has 4 heteroatoms. The Morgan fingerprint density at radius 3 is 1.55 bits per heavy atom. The van der Waals surface area contributed by atoms with Crippen molar-refractivity contribution in [3.05, 3.63) is 58.7 Å². The van der Waals surface area contributed by atoms with E-state index in [2.05, 4.69) is 34.6 Å². The van der Waals surface area contributed by atoms with Crippen LogP contribution in [-0.4, -0.2) is 8.42 Å². The second-order valence-electron chi connectivity index (χ2n) is 9.80. The van der Waals surface area contributed by atoms with Gasteiger partial charge in [-0.25, -0.2) is 0 Å². The average Bonchev–Trinajstić information content (AvgIpc) is 2.59. The molecule has 0 amide bonds. The van der Waals surface area contributed by atoms with E-state index in [4.69, 9.17) is 4.18 Å². The van der Waals surface area contributed by atoms with Gasteiger partial charge in [-0.3, -0.25) is 0 Å². The SMILES string of the molecule is CC(C)c1cc(C(C)C)c(S(=O)(=O)Oc2ccc(C(C)(C)C)cc2)c(C(C)C)c1. The fourth-order valence-corrected chi connectivity index (χ4v) is 4.97. The van der Waals surface area contributed by atoms with E-state index < -0.39 is 10.1 Å². The highest BCUT2D eigenvalue weighted by Gasteiger charge is 2.29. The van der Waals surface area contributed by atoms with Crippen molar-refractivity contribution in [1.82, 2.24) is 0 Å². The van der Waals surface area contributed by atoms with Gasteiger partial charge in [0.15, 0.2) is 0 Å². The van der Waals surface area contributed by atoms with Gasteiger partial charge in [0.1, 0.15) is 10.6 Å². The van der Waals surface area contributed by atoms with Crippen LogP contribution in [0.4, 0.5) is 0 Å². The second kappa shape index (κ2) is 8.51. The molecule has 0 saturated heterocycles. The molecule has 0 heterocycles. The first-order valence-corrected chi connectivity index (χ1v) is 11.9. The maximum atomic E-state index is 13.4. The van der Waals surface area contributed by atoms with Crippen LogP contribution in [-0.2, 0) is 15.5 Å². The van der Waals surface area contributed by atoms with Crippen LogP contribution in [0.25, 0.3) is 0 Å². The minimum atomic E-state index is -3.96. The third-order valence-corrected chi connectivity index (χ3v) is 6.64. The molecule has 0 atom stereocenters. The molecule has 3 nitrogen and oxygen atoms in total. The van der Waals surface area contributed by atoms with E-state index in [1.165, 1.54) is 0 Å². The summed E-state index contributed by atoms with van der Waals surface area (Å²) in [6.45, 7) is 18.7. The van der Waals surface area contributed by atoms with Crippen LogP contribution < -0.4 is 4.18 Å². The number of rotatable bonds is 6. The Kier molecular flexibility index (Phi) is 6.89. The van der Waals surface area contributed by atoms with Gasteiger partial charge >= 0.3 is 10.1 Å². The molecule has 0 fully saturated rings. The summed E-state index contributed by atoms with van der Waals surface area (Å²) in [5, 5.41) is 0. The minimum Gasteiger partial charge on any atom is -0.379 e. The van der Waals surface area contributed by atoms with E-state index in [1.807, 2.05) is 52.0 Å². The third kappa shape index (κ3) is 5.42. The number of hydrogen-bond donors (Lipinski definition) is 0. The zero-order chi connectivity index (χ0) is 22.1. The molecule has 2 aromatic carbocycles. The molecule has 0 aliphatic rings. The summed E-state index contributed by atoms with van der Waals surface area (Å²) in [6.07, 6.45) is 0. The Labute approximate surface area is 177 Å². The van der Waals surface area contributed by atoms with E-state index in [-0.39, 0.29) is 17.3 Å². The standard InChI is InChI=1S/C25H36O3S/c1-16(2)19-14-22(17(3)4)24(23(15-19)18(5)6)29(26,27)28-21-12-10-20(11-13-21)25(7,8)9/h10-18H,1-9H3. The second-order valence-corrected chi connectivity index (χ2v) is 11.3. The summed E-state index contributed by atoms with van der Waals surface area (Å²) in [5.41, 5.74) is 3.94. The van der Waals surface area contributed by atoms with Gasteiger partial charge in [-0.15, -0.1) is 0 Å². The van der Waals surface area contributed by atoms with E-state index in [0.717, 1.165) is 22.3 Å². The third-order valence-electron chi connectivity index (χ3n) is 5.26. The summed E-state index contributed by atoms with van der Waals surface area (Å²) in [7, 11) is -3.96. The lowest BCUT2D eigenvalue weighted by Crippen LogP contribution is -2.17. The average molecular weight is 417 g/mol. The first-order valence-electron chi connectivity index (χ1n) is 10.5. The molecule has 2 aromatic rings. The predicted molar refractivity (Wildman–Crippen MR) is 122 cm³/mol. The molecule has 0 saturated carbocycles. The number of hydrogen-bond acceptors (Lipinski definition) is 3. The van der Waals surface area contributed by atoms with Crippen molar-refractivity contribution >= 4 is 10.1 Å².